The molecule has 5 nitrogen and oxygen atoms in total. The number of sulfone groups is 1. The van der Waals surface area contributed by atoms with Gasteiger partial charge in [0.15, 0.2) is 15.6 Å². The van der Waals surface area contributed by atoms with E-state index in [9.17, 15) is 13.2 Å². The first-order valence-electron chi connectivity index (χ1n) is 5.73. The molecule has 0 spiro atoms. The molecule has 1 N–H and O–H groups in total. The summed E-state index contributed by atoms with van der Waals surface area (Å²) in [5.41, 5.74) is 0.226. The van der Waals surface area contributed by atoms with Gasteiger partial charge < -0.3 is 9.84 Å². The third kappa shape index (κ3) is 3.52. The molecule has 20 heavy (non-hydrogen) atoms. The molecule has 110 valence electrons. The summed E-state index contributed by atoms with van der Waals surface area (Å²) in [5, 5.41) is 9.11. The second-order valence-electron chi connectivity index (χ2n) is 4.15. The van der Waals surface area contributed by atoms with E-state index in [1.54, 1.807) is 6.92 Å². The Balaban J connectivity index is 3.51. The van der Waals surface area contributed by atoms with E-state index in [1.165, 1.54) is 13.2 Å². The minimum atomic E-state index is -3.77. The highest BCUT2D eigenvalue weighted by atomic mass is 35.5. The van der Waals surface area contributed by atoms with Crippen molar-refractivity contribution >= 4 is 27.4 Å². The van der Waals surface area contributed by atoms with Crippen molar-refractivity contribution in [1.82, 2.24) is 0 Å². The van der Waals surface area contributed by atoms with Gasteiger partial charge in [-0.05, 0) is 18.6 Å². The summed E-state index contributed by atoms with van der Waals surface area (Å²) in [7, 11) is -2.55. The number of methoxy groups -OCH3 is 1. The van der Waals surface area contributed by atoms with Crippen molar-refractivity contribution in [1.29, 1.82) is 0 Å². The van der Waals surface area contributed by atoms with E-state index in [-0.39, 0.29) is 27.0 Å². The lowest BCUT2D eigenvalue weighted by Gasteiger charge is -2.13. The van der Waals surface area contributed by atoms with Gasteiger partial charge in [-0.3, -0.25) is 0 Å². The molecule has 1 aromatic rings. The summed E-state index contributed by atoms with van der Waals surface area (Å²) >= 11 is 5.79. The highest BCUT2D eigenvalue weighted by molar-refractivity contribution is 7.91. The molecular formula is C13H15ClO5S. The number of carbonyl (C=O) groups is 1. The molecule has 7 heteroatoms. The number of carboxylic acid groups (broad SMARTS) is 1. The average molecular weight is 319 g/mol. The van der Waals surface area contributed by atoms with Crippen molar-refractivity contribution in [2.24, 2.45) is 0 Å². The Labute approximate surface area is 122 Å². The Morgan fingerprint density at radius 2 is 2.05 bits per heavy atom. The molecule has 0 saturated heterocycles. The number of ether oxygens (including phenoxy) is 1. The van der Waals surface area contributed by atoms with E-state index in [2.05, 4.69) is 6.58 Å². The molecular weight excluding hydrogens is 304 g/mol. The fraction of sp³-hybridized carbons (Fsp3) is 0.308. The number of aromatic carboxylic acids is 1. The first kappa shape index (κ1) is 16.5. The van der Waals surface area contributed by atoms with Crippen LogP contribution in [0.4, 0.5) is 0 Å². The Morgan fingerprint density at radius 1 is 1.45 bits per heavy atom. The molecule has 0 saturated carbocycles. The molecule has 0 atom stereocenters. The van der Waals surface area contributed by atoms with Gasteiger partial charge in [-0.15, -0.1) is 0 Å². The second-order valence-corrected chi connectivity index (χ2v) is 6.55. The van der Waals surface area contributed by atoms with Crippen molar-refractivity contribution in [3.8, 4) is 5.75 Å². The summed E-state index contributed by atoms with van der Waals surface area (Å²) in [6.07, 6.45) is 0.508. The Kier molecular flexibility index (Phi) is 5.19. The van der Waals surface area contributed by atoms with Gasteiger partial charge in [0.25, 0.3) is 0 Å². The molecule has 0 aliphatic carbocycles. The van der Waals surface area contributed by atoms with Gasteiger partial charge in [0.05, 0.1) is 12.9 Å². The quantitative estimate of drug-likeness (QED) is 0.816. The third-order valence-corrected chi connectivity index (χ3v) is 4.66. The SMILES string of the molecule is C=C(CC)CS(=O)(=O)c1cc(Cl)cc(C(=O)O)c1OC. The summed E-state index contributed by atoms with van der Waals surface area (Å²) in [6.45, 7) is 5.44. The maximum atomic E-state index is 12.3. The Hall–Kier alpha value is -1.53. The van der Waals surface area contributed by atoms with Crippen molar-refractivity contribution in [2.45, 2.75) is 18.2 Å². The van der Waals surface area contributed by atoms with Gasteiger partial charge in [0.1, 0.15) is 10.5 Å². The monoisotopic (exact) mass is 318 g/mol. The van der Waals surface area contributed by atoms with Gasteiger partial charge in [0.2, 0.25) is 0 Å². The summed E-state index contributed by atoms with van der Waals surface area (Å²) in [5.74, 6) is -1.81. The molecule has 0 amide bonds. The van der Waals surface area contributed by atoms with Gasteiger partial charge in [-0.1, -0.05) is 30.7 Å². The standard InChI is InChI=1S/C13H15ClO5S/c1-4-8(2)7-20(17,18)11-6-9(14)5-10(13(15)16)12(11)19-3/h5-6H,2,4,7H2,1,3H3,(H,15,16). The Bertz CT molecular complexity index is 649. The van der Waals surface area contributed by atoms with E-state index < -0.39 is 15.8 Å². The summed E-state index contributed by atoms with van der Waals surface area (Å²) in [6, 6.07) is 2.33. The molecule has 0 aliphatic heterocycles. The minimum Gasteiger partial charge on any atom is -0.494 e. The zero-order valence-corrected chi connectivity index (χ0v) is 12.7. The van der Waals surface area contributed by atoms with E-state index >= 15 is 0 Å². The number of hydrogen-bond acceptors (Lipinski definition) is 4. The predicted octanol–water partition coefficient (Wildman–Crippen LogP) is 2.79. The van der Waals surface area contributed by atoms with E-state index in [4.69, 9.17) is 21.4 Å². The minimum absolute atomic E-state index is 0.0175. The first-order valence-corrected chi connectivity index (χ1v) is 7.76. The van der Waals surface area contributed by atoms with Crippen LogP contribution in [-0.2, 0) is 9.84 Å². The highest BCUT2D eigenvalue weighted by Gasteiger charge is 2.26. The van der Waals surface area contributed by atoms with Crippen LogP contribution in [-0.4, -0.2) is 32.4 Å². The fourth-order valence-electron chi connectivity index (χ4n) is 1.62. The number of hydrogen-bond donors (Lipinski definition) is 1. The second kappa shape index (κ2) is 6.28. The summed E-state index contributed by atoms with van der Waals surface area (Å²) < 4.78 is 29.6. The van der Waals surface area contributed by atoms with Crippen LogP contribution < -0.4 is 4.74 Å². The predicted molar refractivity (Wildman–Crippen MR) is 76.4 cm³/mol. The van der Waals surface area contributed by atoms with Crippen LogP contribution in [0, 0.1) is 0 Å². The maximum Gasteiger partial charge on any atom is 0.339 e. The molecule has 0 fully saturated rings. The number of carboxylic acids is 1. The maximum absolute atomic E-state index is 12.3. The average Bonchev–Trinajstić information content (AvgIpc) is 2.36. The van der Waals surface area contributed by atoms with Crippen LogP contribution in [0.25, 0.3) is 0 Å². The summed E-state index contributed by atoms with van der Waals surface area (Å²) in [4.78, 5) is 10.9. The molecule has 0 bridgehead atoms. The van der Waals surface area contributed by atoms with Gasteiger partial charge in [-0.25, -0.2) is 13.2 Å². The third-order valence-electron chi connectivity index (χ3n) is 2.68. The zero-order chi connectivity index (χ0) is 15.5. The molecule has 0 radical (unpaired) electrons. The zero-order valence-electron chi connectivity index (χ0n) is 11.1. The normalized spacial score (nSPS) is 11.2. The number of halogens is 1. The smallest absolute Gasteiger partial charge is 0.339 e. The van der Waals surface area contributed by atoms with E-state index in [0.717, 1.165) is 6.07 Å². The van der Waals surface area contributed by atoms with Crippen LogP contribution in [0.1, 0.15) is 23.7 Å². The largest absolute Gasteiger partial charge is 0.494 e. The van der Waals surface area contributed by atoms with Crippen LogP contribution >= 0.6 is 11.6 Å². The molecule has 0 unspecified atom stereocenters. The fourth-order valence-corrected chi connectivity index (χ4v) is 3.58. The van der Waals surface area contributed by atoms with Crippen molar-refractivity contribution in [3.63, 3.8) is 0 Å². The molecule has 0 aliphatic rings. The molecule has 0 aromatic heterocycles. The number of rotatable bonds is 6. The van der Waals surface area contributed by atoms with Crippen molar-refractivity contribution in [2.75, 3.05) is 12.9 Å². The first-order chi connectivity index (χ1) is 9.22. The van der Waals surface area contributed by atoms with Crippen molar-refractivity contribution in [3.05, 3.63) is 34.9 Å². The van der Waals surface area contributed by atoms with Gasteiger partial charge in [0, 0.05) is 5.02 Å². The lowest BCUT2D eigenvalue weighted by Crippen LogP contribution is -2.12. The lowest BCUT2D eigenvalue weighted by molar-refractivity contribution is 0.0693. The lowest BCUT2D eigenvalue weighted by atomic mass is 10.2. The number of benzene rings is 1. The molecule has 1 rings (SSSR count). The van der Waals surface area contributed by atoms with Crippen LogP contribution in [0.5, 0.6) is 5.75 Å². The Morgan fingerprint density at radius 3 is 2.50 bits per heavy atom. The van der Waals surface area contributed by atoms with Gasteiger partial charge in [-0.2, -0.15) is 0 Å². The van der Waals surface area contributed by atoms with Crippen LogP contribution in [0.15, 0.2) is 29.2 Å². The molecule has 1 aromatic carbocycles. The van der Waals surface area contributed by atoms with Crippen LogP contribution in [0.3, 0.4) is 0 Å². The van der Waals surface area contributed by atoms with Crippen molar-refractivity contribution < 1.29 is 23.1 Å². The van der Waals surface area contributed by atoms with E-state index in [0.29, 0.717) is 12.0 Å². The topological polar surface area (TPSA) is 80.7 Å². The molecule has 0 heterocycles. The van der Waals surface area contributed by atoms with E-state index in [1.807, 2.05) is 0 Å². The van der Waals surface area contributed by atoms with Crippen LogP contribution in [0.2, 0.25) is 5.02 Å². The van der Waals surface area contributed by atoms with Gasteiger partial charge >= 0.3 is 5.97 Å². The highest BCUT2D eigenvalue weighted by Crippen LogP contribution is 2.33.